The van der Waals surface area contributed by atoms with E-state index in [0.717, 1.165) is 37.4 Å². The maximum Gasteiger partial charge on any atom is 0.222 e. The van der Waals surface area contributed by atoms with E-state index in [-0.39, 0.29) is 11.9 Å². The Balaban J connectivity index is 2.10. The van der Waals surface area contributed by atoms with Crippen LogP contribution in [0.5, 0.6) is 0 Å². The predicted octanol–water partition coefficient (Wildman–Crippen LogP) is -0.187. The van der Waals surface area contributed by atoms with Gasteiger partial charge in [0, 0.05) is 32.1 Å². The normalized spacial score (nSPS) is 28.6. The van der Waals surface area contributed by atoms with Gasteiger partial charge in [0.1, 0.15) is 6.10 Å². The van der Waals surface area contributed by atoms with Gasteiger partial charge in [0.2, 0.25) is 5.91 Å². The average Bonchev–Trinajstić information content (AvgIpc) is 2.51. The number of nitrogens with zero attached hydrogens (tertiary/aromatic N) is 1. The van der Waals surface area contributed by atoms with Crippen LogP contribution in [0, 0.1) is 0 Å². The number of carbonyl (C=O) groups excluding carboxylic acids is 1. The lowest BCUT2D eigenvalue weighted by Gasteiger charge is -2.36. The number of piperidine rings is 1. The number of aliphatic hydroxyl groups excluding tert-OH is 3. The molecule has 130 valence electrons. The molecule has 0 spiro atoms. The number of rotatable bonds is 9. The van der Waals surface area contributed by atoms with Crippen LogP contribution in [0.1, 0.15) is 33.1 Å². The molecular formula is C15H30N2O4S. The average molecular weight is 334 g/mol. The topological polar surface area (TPSA) is 93.0 Å². The van der Waals surface area contributed by atoms with Gasteiger partial charge in [0.15, 0.2) is 0 Å². The van der Waals surface area contributed by atoms with Crippen molar-refractivity contribution >= 4 is 17.7 Å². The van der Waals surface area contributed by atoms with Crippen molar-refractivity contribution < 1.29 is 20.1 Å². The Bertz CT molecular complexity index is 329. The van der Waals surface area contributed by atoms with E-state index < -0.39 is 18.3 Å². The van der Waals surface area contributed by atoms with Crippen molar-refractivity contribution in [2.45, 2.75) is 57.5 Å². The van der Waals surface area contributed by atoms with Crippen LogP contribution in [-0.4, -0.2) is 81.6 Å². The van der Waals surface area contributed by atoms with E-state index in [0.29, 0.717) is 13.0 Å². The van der Waals surface area contributed by atoms with Crippen LogP contribution in [-0.2, 0) is 4.79 Å². The number of carbonyl (C=O) groups is 1. The van der Waals surface area contributed by atoms with Gasteiger partial charge in [-0.15, -0.1) is 0 Å². The molecule has 0 aromatic heterocycles. The number of hydrogen-bond acceptors (Lipinski definition) is 6. The number of thioether (sulfide) groups is 1. The molecule has 0 aliphatic carbocycles. The fourth-order valence-electron chi connectivity index (χ4n) is 2.62. The highest BCUT2D eigenvalue weighted by atomic mass is 32.2. The molecule has 7 heteroatoms. The minimum absolute atomic E-state index is 0.178. The maximum atomic E-state index is 11.8. The third-order valence-corrected chi connectivity index (χ3v) is 5.22. The second kappa shape index (κ2) is 10.4. The summed E-state index contributed by atoms with van der Waals surface area (Å²) in [6.07, 6.45) is -0.701. The highest BCUT2D eigenvalue weighted by Gasteiger charge is 2.35. The van der Waals surface area contributed by atoms with Crippen molar-refractivity contribution in [3.63, 3.8) is 0 Å². The molecule has 0 unspecified atom stereocenters. The standard InChI is InChI=1S/C15H30N2O4S/c1-3-17(4-2)13(19)6-5-8-22-9-7-11-14(20)15(21)12(18)10-16-11/h11-12,14-16,18,20-21H,3-10H2,1-2H3/t11-,12-,14+,15+/m1/s1. The van der Waals surface area contributed by atoms with Gasteiger partial charge in [-0.2, -0.15) is 11.8 Å². The van der Waals surface area contributed by atoms with E-state index in [1.165, 1.54) is 0 Å². The molecule has 22 heavy (non-hydrogen) atoms. The predicted molar refractivity (Wildman–Crippen MR) is 88.9 cm³/mol. The smallest absolute Gasteiger partial charge is 0.222 e. The Kier molecular flexibility index (Phi) is 9.35. The first-order valence-electron chi connectivity index (χ1n) is 8.14. The van der Waals surface area contributed by atoms with Gasteiger partial charge in [0.25, 0.3) is 0 Å². The lowest BCUT2D eigenvalue weighted by molar-refractivity contribution is -0.130. The molecule has 1 amide bonds. The molecule has 0 saturated carbocycles. The zero-order valence-electron chi connectivity index (χ0n) is 13.6. The Hall–Kier alpha value is -0.340. The van der Waals surface area contributed by atoms with Crippen molar-refractivity contribution in [1.29, 1.82) is 0 Å². The van der Waals surface area contributed by atoms with Gasteiger partial charge in [-0.25, -0.2) is 0 Å². The van der Waals surface area contributed by atoms with E-state index in [2.05, 4.69) is 5.32 Å². The minimum atomic E-state index is -1.07. The van der Waals surface area contributed by atoms with Gasteiger partial charge in [-0.1, -0.05) is 0 Å². The highest BCUT2D eigenvalue weighted by molar-refractivity contribution is 7.99. The summed E-state index contributed by atoms with van der Waals surface area (Å²) in [5, 5.41) is 32.0. The number of β-amino-alcohol motifs (C(OH)–C–C–N with tert-alkyl or cyclic N) is 1. The molecule has 0 radical (unpaired) electrons. The molecule has 6 nitrogen and oxygen atoms in total. The van der Waals surface area contributed by atoms with E-state index in [4.69, 9.17) is 0 Å². The summed E-state index contributed by atoms with van der Waals surface area (Å²) in [4.78, 5) is 13.7. The molecule has 1 aliphatic heterocycles. The molecule has 4 N–H and O–H groups in total. The van der Waals surface area contributed by atoms with E-state index >= 15 is 0 Å². The molecule has 4 atom stereocenters. The fraction of sp³-hybridized carbons (Fsp3) is 0.933. The van der Waals surface area contributed by atoms with Crippen LogP contribution in [0.4, 0.5) is 0 Å². The number of hydrogen-bond donors (Lipinski definition) is 4. The summed E-state index contributed by atoms with van der Waals surface area (Å²) in [6.45, 7) is 5.82. The summed E-state index contributed by atoms with van der Waals surface area (Å²) in [5.74, 6) is 1.99. The fourth-order valence-corrected chi connectivity index (χ4v) is 3.60. The van der Waals surface area contributed by atoms with Gasteiger partial charge in [-0.05, 0) is 38.2 Å². The third kappa shape index (κ3) is 6.04. The van der Waals surface area contributed by atoms with Crippen LogP contribution in [0.2, 0.25) is 0 Å². The van der Waals surface area contributed by atoms with Crippen molar-refractivity contribution in [3.05, 3.63) is 0 Å². The molecule has 1 saturated heterocycles. The van der Waals surface area contributed by atoms with Crippen LogP contribution < -0.4 is 5.32 Å². The number of nitrogens with one attached hydrogen (secondary N) is 1. The first-order chi connectivity index (χ1) is 10.5. The largest absolute Gasteiger partial charge is 0.389 e. The van der Waals surface area contributed by atoms with Crippen molar-refractivity contribution in [3.8, 4) is 0 Å². The summed E-state index contributed by atoms with van der Waals surface area (Å²) in [7, 11) is 0. The lowest BCUT2D eigenvalue weighted by Crippen LogP contribution is -2.59. The van der Waals surface area contributed by atoms with Crippen molar-refractivity contribution in [2.75, 3.05) is 31.1 Å². The van der Waals surface area contributed by atoms with Gasteiger partial charge in [0.05, 0.1) is 12.2 Å². The van der Waals surface area contributed by atoms with Crippen molar-refractivity contribution in [2.24, 2.45) is 0 Å². The Morgan fingerprint density at radius 3 is 2.50 bits per heavy atom. The highest BCUT2D eigenvalue weighted by Crippen LogP contribution is 2.16. The zero-order chi connectivity index (χ0) is 16.5. The first-order valence-corrected chi connectivity index (χ1v) is 9.29. The minimum Gasteiger partial charge on any atom is -0.389 e. The van der Waals surface area contributed by atoms with Crippen LogP contribution >= 0.6 is 11.8 Å². The Morgan fingerprint density at radius 1 is 1.18 bits per heavy atom. The lowest BCUT2D eigenvalue weighted by atomic mass is 9.94. The van der Waals surface area contributed by atoms with Crippen LogP contribution in [0.3, 0.4) is 0 Å². The third-order valence-electron chi connectivity index (χ3n) is 4.11. The van der Waals surface area contributed by atoms with Crippen LogP contribution in [0.25, 0.3) is 0 Å². The summed E-state index contributed by atoms with van der Waals surface area (Å²) in [5.41, 5.74) is 0. The molecule has 0 aromatic rings. The Labute approximate surface area is 137 Å². The quantitative estimate of drug-likeness (QED) is 0.437. The Morgan fingerprint density at radius 2 is 1.86 bits per heavy atom. The second-order valence-corrected chi connectivity index (χ2v) is 6.86. The molecule has 0 bridgehead atoms. The molecular weight excluding hydrogens is 304 g/mol. The number of aliphatic hydroxyl groups is 3. The molecule has 1 heterocycles. The number of amides is 1. The molecule has 1 rings (SSSR count). The summed E-state index contributed by atoms with van der Waals surface area (Å²) in [6, 6.07) is -0.178. The van der Waals surface area contributed by atoms with E-state index in [9.17, 15) is 20.1 Å². The first kappa shape index (κ1) is 19.7. The van der Waals surface area contributed by atoms with Crippen LogP contribution in [0.15, 0.2) is 0 Å². The van der Waals surface area contributed by atoms with Gasteiger partial charge in [-0.3, -0.25) is 4.79 Å². The SMILES string of the molecule is CCN(CC)C(=O)CCCSCC[C@H]1NC[C@@H](O)[C@H](O)[C@H]1O. The monoisotopic (exact) mass is 334 g/mol. The van der Waals surface area contributed by atoms with Crippen molar-refractivity contribution in [1.82, 2.24) is 10.2 Å². The zero-order valence-corrected chi connectivity index (χ0v) is 14.4. The van der Waals surface area contributed by atoms with Gasteiger partial charge >= 0.3 is 0 Å². The molecule has 1 fully saturated rings. The van der Waals surface area contributed by atoms with E-state index in [1.54, 1.807) is 11.8 Å². The molecule has 0 aromatic carbocycles. The summed E-state index contributed by atoms with van der Waals surface area (Å²) < 4.78 is 0. The summed E-state index contributed by atoms with van der Waals surface area (Å²) >= 11 is 1.75. The maximum absolute atomic E-state index is 11.8. The second-order valence-electron chi connectivity index (χ2n) is 5.63. The van der Waals surface area contributed by atoms with Gasteiger partial charge < -0.3 is 25.5 Å². The van der Waals surface area contributed by atoms with E-state index in [1.807, 2.05) is 18.7 Å². The molecule has 1 aliphatic rings.